The Kier molecular flexibility index (Phi) is 6.47. The minimum atomic E-state index is -3.18. The number of carbonyl (C=O) groups is 1. The number of rotatable bonds is 6. The molecule has 6 nitrogen and oxygen atoms in total. The zero-order chi connectivity index (χ0) is 20.4. The zero-order valence-electron chi connectivity index (χ0n) is 17.1. The van der Waals surface area contributed by atoms with E-state index < -0.39 is 10.0 Å². The standard InChI is InChI=1S/C21H33N3O3S/c1-21(2,3)16-11-9-15(10-12-16)20(25)23-14-6-13-22-19-17-7-4-5-8-18(17)28(26,27)24-19/h9-12,17-19,22,24H,4-8,13-14H2,1-3H3,(H,23,25). The molecule has 1 aromatic rings. The Balaban J connectivity index is 1.41. The maximum atomic E-state index is 12.3. The molecule has 1 aromatic carbocycles. The minimum Gasteiger partial charge on any atom is -0.352 e. The van der Waals surface area contributed by atoms with Crippen LogP contribution in [0.25, 0.3) is 0 Å². The van der Waals surface area contributed by atoms with E-state index in [1.807, 2.05) is 24.3 Å². The third kappa shape index (κ3) is 4.93. The van der Waals surface area contributed by atoms with E-state index in [2.05, 4.69) is 36.1 Å². The smallest absolute Gasteiger partial charge is 0.251 e. The summed E-state index contributed by atoms with van der Waals surface area (Å²) < 4.78 is 27.2. The van der Waals surface area contributed by atoms with Crippen LogP contribution in [0.15, 0.2) is 24.3 Å². The van der Waals surface area contributed by atoms with Crippen LogP contribution in [0.1, 0.15) is 68.8 Å². The Bertz CT molecular complexity index is 784. The molecule has 3 N–H and O–H groups in total. The lowest BCUT2D eigenvalue weighted by Crippen LogP contribution is -2.44. The first kappa shape index (κ1) is 21.3. The van der Waals surface area contributed by atoms with Crippen molar-refractivity contribution in [3.05, 3.63) is 35.4 Å². The maximum Gasteiger partial charge on any atom is 0.251 e. The SMILES string of the molecule is CC(C)(C)c1ccc(C(=O)NCCCNC2NS(=O)(=O)C3CCCCC23)cc1. The molecule has 0 bridgehead atoms. The number of fused-ring (bicyclic) bond motifs is 1. The Morgan fingerprint density at radius 1 is 1.11 bits per heavy atom. The van der Waals surface area contributed by atoms with Gasteiger partial charge in [-0.1, -0.05) is 45.7 Å². The van der Waals surface area contributed by atoms with E-state index in [1.54, 1.807) is 0 Å². The van der Waals surface area contributed by atoms with Gasteiger partial charge in [0, 0.05) is 18.0 Å². The molecule has 0 aromatic heterocycles. The summed E-state index contributed by atoms with van der Waals surface area (Å²) >= 11 is 0. The van der Waals surface area contributed by atoms with Gasteiger partial charge in [0.25, 0.3) is 5.91 Å². The molecule has 3 unspecified atom stereocenters. The molecule has 0 spiro atoms. The molecule has 7 heteroatoms. The average Bonchev–Trinajstić information content (AvgIpc) is 2.91. The molecule has 3 rings (SSSR count). The zero-order valence-corrected chi connectivity index (χ0v) is 17.9. The highest BCUT2D eigenvalue weighted by atomic mass is 32.2. The van der Waals surface area contributed by atoms with Crippen molar-refractivity contribution in [2.45, 2.75) is 69.7 Å². The highest BCUT2D eigenvalue weighted by Gasteiger charge is 2.47. The second-order valence-corrected chi connectivity index (χ2v) is 10.9. The van der Waals surface area contributed by atoms with Crippen LogP contribution in [-0.2, 0) is 15.4 Å². The van der Waals surface area contributed by atoms with E-state index in [0.717, 1.165) is 32.1 Å². The fraction of sp³-hybridized carbons (Fsp3) is 0.667. The molecule has 1 aliphatic carbocycles. The van der Waals surface area contributed by atoms with Crippen LogP contribution < -0.4 is 15.4 Å². The van der Waals surface area contributed by atoms with Gasteiger partial charge < -0.3 is 10.6 Å². The van der Waals surface area contributed by atoms with Crippen molar-refractivity contribution in [2.24, 2.45) is 5.92 Å². The Labute approximate surface area is 168 Å². The van der Waals surface area contributed by atoms with Gasteiger partial charge in [0.15, 0.2) is 0 Å². The number of amides is 1. The summed E-state index contributed by atoms with van der Waals surface area (Å²) in [5.41, 5.74) is 1.93. The van der Waals surface area contributed by atoms with Crippen molar-refractivity contribution in [1.82, 2.24) is 15.4 Å². The fourth-order valence-corrected chi connectivity index (χ4v) is 6.23. The highest BCUT2D eigenvalue weighted by molar-refractivity contribution is 7.90. The van der Waals surface area contributed by atoms with E-state index in [0.29, 0.717) is 18.7 Å². The van der Waals surface area contributed by atoms with Crippen LogP contribution in [0.3, 0.4) is 0 Å². The van der Waals surface area contributed by atoms with Crippen molar-refractivity contribution in [3.63, 3.8) is 0 Å². The summed E-state index contributed by atoms with van der Waals surface area (Å²) in [4.78, 5) is 12.3. The topological polar surface area (TPSA) is 87.3 Å². The first-order valence-electron chi connectivity index (χ1n) is 10.3. The second kappa shape index (κ2) is 8.51. The van der Waals surface area contributed by atoms with Crippen LogP contribution in [0.5, 0.6) is 0 Å². The third-order valence-corrected chi connectivity index (χ3v) is 7.85. The van der Waals surface area contributed by atoms with Crippen LogP contribution >= 0.6 is 0 Å². The Morgan fingerprint density at radius 3 is 2.46 bits per heavy atom. The summed E-state index contributed by atoms with van der Waals surface area (Å²) in [7, 11) is -3.18. The predicted molar refractivity (Wildman–Crippen MR) is 112 cm³/mol. The van der Waals surface area contributed by atoms with E-state index in [4.69, 9.17) is 0 Å². The maximum absolute atomic E-state index is 12.3. The number of hydrogen-bond acceptors (Lipinski definition) is 4. The number of hydrogen-bond donors (Lipinski definition) is 3. The van der Waals surface area contributed by atoms with E-state index in [9.17, 15) is 13.2 Å². The van der Waals surface area contributed by atoms with Gasteiger partial charge in [0.2, 0.25) is 10.0 Å². The summed E-state index contributed by atoms with van der Waals surface area (Å²) in [6.45, 7) is 7.67. The fourth-order valence-electron chi connectivity index (χ4n) is 4.21. The number of nitrogens with one attached hydrogen (secondary N) is 3. The van der Waals surface area contributed by atoms with Crippen molar-refractivity contribution in [3.8, 4) is 0 Å². The van der Waals surface area contributed by atoms with Crippen molar-refractivity contribution in [1.29, 1.82) is 0 Å². The van der Waals surface area contributed by atoms with Gasteiger partial charge in [-0.2, -0.15) is 4.72 Å². The summed E-state index contributed by atoms with van der Waals surface area (Å²) in [6.07, 6.45) is 4.40. The average molecular weight is 408 g/mol. The molecule has 1 saturated carbocycles. The molecule has 1 aliphatic heterocycles. The lowest BCUT2D eigenvalue weighted by atomic mass is 9.86. The second-order valence-electron chi connectivity index (χ2n) is 9.02. The quantitative estimate of drug-likeness (QED) is 0.633. The summed E-state index contributed by atoms with van der Waals surface area (Å²) in [5, 5.41) is 6.03. The van der Waals surface area contributed by atoms with Crippen LogP contribution in [0.2, 0.25) is 0 Å². The molecule has 28 heavy (non-hydrogen) atoms. The van der Waals surface area contributed by atoms with Gasteiger partial charge in [-0.15, -0.1) is 0 Å². The lowest BCUT2D eigenvalue weighted by Gasteiger charge is -2.26. The lowest BCUT2D eigenvalue weighted by molar-refractivity contribution is 0.0953. The first-order valence-corrected chi connectivity index (χ1v) is 11.9. The van der Waals surface area contributed by atoms with Crippen LogP contribution in [0.4, 0.5) is 0 Å². The Hall–Kier alpha value is -1.44. The number of benzene rings is 1. The molecule has 156 valence electrons. The normalized spacial score (nSPS) is 26.6. The van der Waals surface area contributed by atoms with Gasteiger partial charge in [-0.25, -0.2) is 8.42 Å². The predicted octanol–water partition coefficient (Wildman–Crippen LogP) is 2.51. The van der Waals surface area contributed by atoms with Gasteiger partial charge in [0.1, 0.15) is 0 Å². The van der Waals surface area contributed by atoms with Crippen LogP contribution in [0, 0.1) is 5.92 Å². The van der Waals surface area contributed by atoms with E-state index in [1.165, 1.54) is 5.56 Å². The monoisotopic (exact) mass is 407 g/mol. The van der Waals surface area contributed by atoms with E-state index >= 15 is 0 Å². The highest BCUT2D eigenvalue weighted by Crippen LogP contribution is 2.35. The number of sulfonamides is 1. The molecule has 0 radical (unpaired) electrons. The summed E-state index contributed by atoms with van der Waals surface area (Å²) in [6, 6.07) is 7.74. The number of carbonyl (C=O) groups excluding carboxylic acids is 1. The van der Waals surface area contributed by atoms with Gasteiger partial charge >= 0.3 is 0 Å². The molecule has 1 amide bonds. The van der Waals surface area contributed by atoms with Gasteiger partial charge in [-0.05, 0) is 48.9 Å². The molecule has 2 aliphatic rings. The summed E-state index contributed by atoms with van der Waals surface area (Å²) in [5.74, 6) is 0.0871. The molecular weight excluding hydrogens is 374 g/mol. The molecular formula is C21H33N3O3S. The van der Waals surface area contributed by atoms with Crippen molar-refractivity contribution >= 4 is 15.9 Å². The van der Waals surface area contributed by atoms with Gasteiger partial charge in [0.05, 0.1) is 11.4 Å². The molecule has 3 atom stereocenters. The molecule has 2 fully saturated rings. The molecule has 1 saturated heterocycles. The van der Waals surface area contributed by atoms with Crippen molar-refractivity contribution in [2.75, 3.05) is 13.1 Å². The van der Waals surface area contributed by atoms with Gasteiger partial charge in [-0.3, -0.25) is 4.79 Å². The van der Waals surface area contributed by atoms with Crippen LogP contribution in [-0.4, -0.2) is 38.8 Å². The Morgan fingerprint density at radius 2 is 1.79 bits per heavy atom. The van der Waals surface area contributed by atoms with E-state index in [-0.39, 0.29) is 28.7 Å². The minimum absolute atomic E-state index is 0.0692. The van der Waals surface area contributed by atoms with Crippen molar-refractivity contribution < 1.29 is 13.2 Å². The molecule has 1 heterocycles. The first-order chi connectivity index (χ1) is 13.2. The third-order valence-electron chi connectivity index (χ3n) is 5.89. The largest absolute Gasteiger partial charge is 0.352 e.